The van der Waals surface area contributed by atoms with E-state index in [1.807, 2.05) is 0 Å². The topological polar surface area (TPSA) is 0 Å². The third-order valence-electron chi connectivity index (χ3n) is 13.3. The van der Waals surface area contributed by atoms with Crippen LogP contribution in [0.15, 0.2) is 188 Å². The molecule has 0 atom stereocenters. The van der Waals surface area contributed by atoms with E-state index in [4.69, 9.17) is 0 Å². The molecule has 272 valence electrons. The standard InChI is InChI=1S/C58H40/c1-35-24-26-36(27-25-35)37-28-29-46-49-33-52-53(34-55(49)58(2,3)54(46)32-37)57(51-31-39-15-5-7-17-41(39)43-19-9-11-21-45(43)51)48-23-13-12-22-47(48)56(52)50-30-38-14-4-6-16-40(38)42-18-8-10-20-44(42)50/h4-34H,1-3H3. The summed E-state index contributed by atoms with van der Waals surface area (Å²) in [5, 5.41) is 15.4. The van der Waals surface area contributed by atoms with Crippen LogP contribution in [-0.4, -0.2) is 0 Å². The number of hydrogen-bond acceptors (Lipinski definition) is 0. The van der Waals surface area contributed by atoms with Crippen molar-refractivity contribution in [3.05, 3.63) is 205 Å². The molecule has 0 bridgehead atoms. The molecular weight excluding hydrogens is 697 g/mol. The first-order valence-corrected chi connectivity index (χ1v) is 20.5. The molecule has 11 aromatic carbocycles. The van der Waals surface area contributed by atoms with Crippen LogP contribution in [0.2, 0.25) is 0 Å². The Morgan fingerprint density at radius 1 is 0.293 bits per heavy atom. The zero-order chi connectivity index (χ0) is 38.7. The Labute approximate surface area is 338 Å². The van der Waals surface area contributed by atoms with Crippen LogP contribution in [0.3, 0.4) is 0 Å². The predicted octanol–water partition coefficient (Wildman–Crippen LogP) is 16.2. The largest absolute Gasteiger partial charge is 0.0616 e. The average Bonchev–Trinajstić information content (AvgIpc) is 3.49. The van der Waals surface area contributed by atoms with Crippen LogP contribution >= 0.6 is 0 Å². The predicted molar refractivity (Wildman–Crippen MR) is 250 cm³/mol. The van der Waals surface area contributed by atoms with E-state index in [2.05, 4.69) is 209 Å². The summed E-state index contributed by atoms with van der Waals surface area (Å²) in [5.41, 5.74) is 14.2. The van der Waals surface area contributed by atoms with Gasteiger partial charge in [-0.25, -0.2) is 0 Å². The smallest absolute Gasteiger partial charge is 0.0159 e. The van der Waals surface area contributed by atoms with Gasteiger partial charge in [0.05, 0.1) is 0 Å². The summed E-state index contributed by atoms with van der Waals surface area (Å²) in [7, 11) is 0. The molecule has 0 amide bonds. The van der Waals surface area contributed by atoms with Crippen molar-refractivity contribution in [3.63, 3.8) is 0 Å². The van der Waals surface area contributed by atoms with E-state index >= 15 is 0 Å². The molecule has 0 aliphatic heterocycles. The van der Waals surface area contributed by atoms with E-state index in [1.54, 1.807) is 0 Å². The first-order valence-electron chi connectivity index (χ1n) is 20.5. The van der Waals surface area contributed by atoms with E-state index in [0.717, 1.165) is 0 Å². The maximum absolute atomic E-state index is 2.58. The van der Waals surface area contributed by atoms with E-state index in [1.165, 1.54) is 126 Å². The minimum absolute atomic E-state index is 0.205. The minimum atomic E-state index is -0.205. The Bertz CT molecular complexity index is 3530. The fourth-order valence-corrected chi connectivity index (χ4v) is 10.4. The summed E-state index contributed by atoms with van der Waals surface area (Å²) in [4.78, 5) is 0. The molecule has 0 saturated carbocycles. The minimum Gasteiger partial charge on any atom is -0.0616 e. The number of fused-ring (bicyclic) bond motifs is 11. The lowest BCUT2D eigenvalue weighted by Crippen LogP contribution is -2.15. The first kappa shape index (κ1) is 33.2. The van der Waals surface area contributed by atoms with Gasteiger partial charge < -0.3 is 0 Å². The van der Waals surface area contributed by atoms with Crippen molar-refractivity contribution in [2.75, 3.05) is 0 Å². The third-order valence-corrected chi connectivity index (χ3v) is 13.3. The average molecular weight is 737 g/mol. The summed E-state index contributed by atoms with van der Waals surface area (Å²) in [6.45, 7) is 7.00. The molecule has 0 heteroatoms. The Morgan fingerprint density at radius 2 is 0.724 bits per heavy atom. The maximum atomic E-state index is 2.58. The van der Waals surface area contributed by atoms with Crippen LogP contribution in [0.25, 0.3) is 109 Å². The summed E-state index contributed by atoms with van der Waals surface area (Å²) in [6, 6.07) is 71.0. The number of aryl methyl sites for hydroxylation is 1. The Morgan fingerprint density at radius 3 is 1.28 bits per heavy atom. The van der Waals surface area contributed by atoms with Gasteiger partial charge in [0.1, 0.15) is 0 Å². The lowest BCUT2D eigenvalue weighted by molar-refractivity contribution is 0.661. The van der Waals surface area contributed by atoms with E-state index in [-0.39, 0.29) is 5.41 Å². The highest BCUT2D eigenvalue weighted by Gasteiger charge is 2.37. The molecule has 0 saturated heterocycles. The summed E-state index contributed by atoms with van der Waals surface area (Å²) in [5.74, 6) is 0. The second kappa shape index (κ2) is 12.2. The lowest BCUT2D eigenvalue weighted by Gasteiger charge is -2.25. The molecule has 1 aliphatic carbocycles. The van der Waals surface area contributed by atoms with Gasteiger partial charge in [-0.2, -0.15) is 0 Å². The van der Waals surface area contributed by atoms with Crippen LogP contribution in [0.5, 0.6) is 0 Å². The number of rotatable bonds is 3. The highest BCUT2D eigenvalue weighted by molar-refractivity contribution is 6.29. The summed E-state index contributed by atoms with van der Waals surface area (Å²) >= 11 is 0. The molecule has 0 radical (unpaired) electrons. The molecule has 12 rings (SSSR count). The molecule has 0 N–H and O–H groups in total. The molecule has 0 heterocycles. The molecule has 11 aromatic rings. The second-order valence-electron chi connectivity index (χ2n) is 16.9. The Balaban J connectivity index is 1.26. The second-order valence-corrected chi connectivity index (χ2v) is 16.9. The van der Waals surface area contributed by atoms with Crippen molar-refractivity contribution < 1.29 is 0 Å². The van der Waals surface area contributed by atoms with Crippen LogP contribution in [0.4, 0.5) is 0 Å². The molecule has 0 nitrogen and oxygen atoms in total. The molecule has 0 aromatic heterocycles. The van der Waals surface area contributed by atoms with E-state index in [0.29, 0.717) is 0 Å². The fourth-order valence-electron chi connectivity index (χ4n) is 10.4. The molecule has 0 fully saturated rings. The highest BCUT2D eigenvalue weighted by Crippen LogP contribution is 2.55. The van der Waals surface area contributed by atoms with Gasteiger partial charge in [-0.3, -0.25) is 0 Å². The van der Waals surface area contributed by atoms with Crippen molar-refractivity contribution in [2.45, 2.75) is 26.2 Å². The van der Waals surface area contributed by atoms with Gasteiger partial charge in [0.2, 0.25) is 0 Å². The maximum Gasteiger partial charge on any atom is 0.0159 e. The summed E-state index contributed by atoms with van der Waals surface area (Å²) in [6.07, 6.45) is 0. The normalized spacial score (nSPS) is 13.2. The Hall–Kier alpha value is -7.02. The van der Waals surface area contributed by atoms with Gasteiger partial charge in [0, 0.05) is 5.41 Å². The lowest BCUT2D eigenvalue weighted by atomic mass is 9.78. The fraction of sp³-hybridized carbons (Fsp3) is 0.0690. The molecule has 58 heavy (non-hydrogen) atoms. The van der Waals surface area contributed by atoms with Gasteiger partial charge in [-0.15, -0.1) is 0 Å². The zero-order valence-corrected chi connectivity index (χ0v) is 32.9. The van der Waals surface area contributed by atoms with Gasteiger partial charge in [0.25, 0.3) is 0 Å². The van der Waals surface area contributed by atoms with Crippen molar-refractivity contribution in [2.24, 2.45) is 0 Å². The van der Waals surface area contributed by atoms with Crippen LogP contribution in [0, 0.1) is 6.92 Å². The van der Waals surface area contributed by atoms with E-state index < -0.39 is 0 Å². The van der Waals surface area contributed by atoms with Gasteiger partial charge in [0.15, 0.2) is 0 Å². The zero-order valence-electron chi connectivity index (χ0n) is 32.9. The van der Waals surface area contributed by atoms with Crippen LogP contribution < -0.4 is 0 Å². The van der Waals surface area contributed by atoms with Crippen molar-refractivity contribution in [1.82, 2.24) is 0 Å². The Kier molecular flexibility index (Phi) is 7.00. The third kappa shape index (κ3) is 4.69. The number of benzene rings is 11. The molecule has 0 spiro atoms. The van der Waals surface area contributed by atoms with Crippen LogP contribution in [-0.2, 0) is 5.41 Å². The summed E-state index contributed by atoms with van der Waals surface area (Å²) < 4.78 is 0. The molecule has 1 aliphatic rings. The van der Waals surface area contributed by atoms with Crippen molar-refractivity contribution in [1.29, 1.82) is 0 Å². The molecule has 0 unspecified atom stereocenters. The van der Waals surface area contributed by atoms with Gasteiger partial charge in [-0.05, 0) is 158 Å². The quantitative estimate of drug-likeness (QED) is 0.125. The van der Waals surface area contributed by atoms with E-state index in [9.17, 15) is 0 Å². The molecular formula is C58H40. The van der Waals surface area contributed by atoms with Crippen molar-refractivity contribution >= 4 is 64.6 Å². The number of hydrogen-bond donors (Lipinski definition) is 0. The highest BCUT2D eigenvalue weighted by atomic mass is 14.4. The monoisotopic (exact) mass is 736 g/mol. The van der Waals surface area contributed by atoms with Crippen LogP contribution in [0.1, 0.15) is 30.5 Å². The van der Waals surface area contributed by atoms with Gasteiger partial charge >= 0.3 is 0 Å². The van der Waals surface area contributed by atoms with Crippen molar-refractivity contribution in [3.8, 4) is 44.5 Å². The SMILES string of the molecule is Cc1ccc(-c2ccc3c(c2)C(C)(C)c2cc4c(-c5cc6ccccc6c6ccccc56)c5ccccc5c(-c5cc6ccccc6c6ccccc56)c4cc2-3)cc1. The first-order chi connectivity index (χ1) is 28.4. The van der Waals surface area contributed by atoms with Gasteiger partial charge in [-0.1, -0.05) is 177 Å².